The molecule has 42 heavy (non-hydrogen) atoms. The maximum atomic E-state index is 13.0. The van der Waals surface area contributed by atoms with Gasteiger partial charge in [0.1, 0.15) is 0 Å². The number of carbonyl (C=O) groups is 2. The second kappa shape index (κ2) is 11.9. The molecule has 8 heteroatoms. The zero-order chi connectivity index (χ0) is 29.9. The first-order valence-electron chi connectivity index (χ1n) is 14.0. The minimum atomic E-state index is -0.352. The van der Waals surface area contributed by atoms with Crippen molar-refractivity contribution in [2.24, 2.45) is 0 Å². The number of carbonyl (C=O) groups excluding carboxylic acids is 2. The lowest BCUT2D eigenvalue weighted by molar-refractivity contribution is -0.144. The van der Waals surface area contributed by atoms with E-state index in [1.54, 1.807) is 13.1 Å². The van der Waals surface area contributed by atoms with Crippen molar-refractivity contribution in [2.45, 2.75) is 46.0 Å². The third-order valence-corrected chi connectivity index (χ3v) is 7.12. The van der Waals surface area contributed by atoms with Crippen molar-refractivity contribution in [2.75, 3.05) is 17.2 Å². The molecule has 5 aromatic rings. The van der Waals surface area contributed by atoms with Gasteiger partial charge in [-0.25, -0.2) is 9.97 Å². The lowest BCUT2D eigenvalue weighted by Gasteiger charge is -2.19. The van der Waals surface area contributed by atoms with Gasteiger partial charge in [0.15, 0.2) is 11.5 Å². The van der Waals surface area contributed by atoms with Gasteiger partial charge in [-0.15, -0.1) is 0 Å². The third-order valence-electron chi connectivity index (χ3n) is 7.12. The van der Waals surface area contributed by atoms with E-state index in [0.29, 0.717) is 35.0 Å². The summed E-state index contributed by atoms with van der Waals surface area (Å²) in [4.78, 5) is 34.5. The van der Waals surface area contributed by atoms with E-state index >= 15 is 0 Å². The molecule has 0 fully saturated rings. The molecule has 1 amide bonds. The summed E-state index contributed by atoms with van der Waals surface area (Å²) >= 11 is 0. The van der Waals surface area contributed by atoms with Crippen LogP contribution in [0.4, 0.5) is 17.2 Å². The number of aromatic nitrogens is 3. The molecule has 1 unspecified atom stereocenters. The fourth-order valence-corrected chi connectivity index (χ4v) is 4.63. The Morgan fingerprint density at radius 2 is 1.71 bits per heavy atom. The molecule has 0 aliphatic heterocycles. The van der Waals surface area contributed by atoms with Gasteiger partial charge in [0, 0.05) is 41.1 Å². The summed E-state index contributed by atoms with van der Waals surface area (Å²) in [5, 5.41) is 6.38. The predicted molar refractivity (Wildman–Crippen MR) is 166 cm³/mol. The molecule has 0 aliphatic carbocycles. The van der Waals surface area contributed by atoms with Gasteiger partial charge in [0.2, 0.25) is 0 Å². The van der Waals surface area contributed by atoms with E-state index in [-0.39, 0.29) is 23.2 Å². The summed E-state index contributed by atoms with van der Waals surface area (Å²) in [6, 6.07) is 22.9. The minimum Gasteiger partial charge on any atom is -0.466 e. The molecule has 2 N–H and O–H groups in total. The molecule has 0 spiro atoms. The summed E-state index contributed by atoms with van der Waals surface area (Å²) in [7, 11) is 0. The molecule has 1 atom stereocenters. The van der Waals surface area contributed by atoms with Crippen LogP contribution in [0.15, 0.2) is 91.4 Å². The normalized spacial score (nSPS) is 12.1. The van der Waals surface area contributed by atoms with Gasteiger partial charge >= 0.3 is 5.97 Å². The topological polar surface area (TPSA) is 97.6 Å². The average molecular weight is 562 g/mol. The number of anilines is 3. The highest BCUT2D eigenvalue weighted by Gasteiger charge is 2.17. The Bertz CT molecular complexity index is 1720. The number of nitrogens with zero attached hydrogens (tertiary/aromatic N) is 3. The van der Waals surface area contributed by atoms with Gasteiger partial charge in [-0.05, 0) is 66.8 Å². The van der Waals surface area contributed by atoms with E-state index in [1.165, 1.54) is 5.56 Å². The van der Waals surface area contributed by atoms with Gasteiger partial charge in [0.25, 0.3) is 5.91 Å². The summed E-state index contributed by atoms with van der Waals surface area (Å²) in [5.74, 6) is -0.190. The quantitative estimate of drug-likeness (QED) is 0.192. The monoisotopic (exact) mass is 561 g/mol. The number of benzene rings is 3. The molecule has 2 aromatic heterocycles. The average Bonchev–Trinajstić information content (AvgIpc) is 3.46. The minimum absolute atomic E-state index is 0.0204. The van der Waals surface area contributed by atoms with Crippen LogP contribution >= 0.6 is 0 Å². The van der Waals surface area contributed by atoms with Gasteiger partial charge < -0.3 is 19.8 Å². The Labute approximate surface area is 245 Å². The van der Waals surface area contributed by atoms with E-state index in [0.717, 1.165) is 16.8 Å². The fraction of sp³-hybridized carbons (Fsp3) is 0.235. The van der Waals surface area contributed by atoms with Crippen LogP contribution in [0.3, 0.4) is 0 Å². The fourth-order valence-electron chi connectivity index (χ4n) is 4.63. The SMILES string of the molecule is CCOC(=O)C(C)c1ccc(Nc2nc(-c3cccc(NC(=O)c4ccc(C(C)(C)C)cc4)c3)cn3ccnc23)cc1. The van der Waals surface area contributed by atoms with Crippen molar-refractivity contribution in [3.8, 4) is 11.3 Å². The van der Waals surface area contributed by atoms with Crippen LogP contribution in [0, 0.1) is 0 Å². The van der Waals surface area contributed by atoms with E-state index in [9.17, 15) is 9.59 Å². The molecule has 0 saturated heterocycles. The largest absolute Gasteiger partial charge is 0.466 e. The molecule has 0 radical (unpaired) electrons. The van der Waals surface area contributed by atoms with Crippen LogP contribution < -0.4 is 10.6 Å². The Morgan fingerprint density at radius 3 is 2.40 bits per heavy atom. The van der Waals surface area contributed by atoms with E-state index in [2.05, 4.69) is 36.4 Å². The predicted octanol–water partition coefficient (Wildman–Crippen LogP) is 7.36. The van der Waals surface area contributed by atoms with Crippen LogP contribution in [-0.2, 0) is 14.9 Å². The number of hydrogen-bond acceptors (Lipinski definition) is 6. The number of esters is 1. The number of nitrogens with one attached hydrogen (secondary N) is 2. The Hall–Kier alpha value is -4.98. The molecule has 0 saturated carbocycles. The lowest BCUT2D eigenvalue weighted by atomic mass is 9.87. The molecule has 214 valence electrons. The first-order chi connectivity index (χ1) is 20.1. The highest BCUT2D eigenvalue weighted by atomic mass is 16.5. The van der Waals surface area contributed by atoms with Crippen LogP contribution in [0.1, 0.15) is 62.0 Å². The molecular formula is C34H35N5O3. The highest BCUT2D eigenvalue weighted by Crippen LogP contribution is 2.28. The molecule has 8 nitrogen and oxygen atoms in total. The van der Waals surface area contributed by atoms with Gasteiger partial charge in [-0.2, -0.15) is 0 Å². The smallest absolute Gasteiger partial charge is 0.313 e. The summed E-state index contributed by atoms with van der Waals surface area (Å²) < 4.78 is 7.05. The Kier molecular flexibility index (Phi) is 8.06. The van der Waals surface area contributed by atoms with Crippen molar-refractivity contribution in [1.29, 1.82) is 0 Å². The van der Waals surface area contributed by atoms with E-state index < -0.39 is 0 Å². The number of hydrogen-bond donors (Lipinski definition) is 2. The Balaban J connectivity index is 1.37. The standard InChI is InChI=1S/C34H35N5O3/c1-6-42-33(41)22(2)23-12-16-27(17-13-23)36-30-31-35-18-19-39(31)21-29(38-30)25-8-7-9-28(20-25)37-32(40)24-10-14-26(15-11-24)34(3,4)5/h7-22H,6H2,1-5H3,(H,36,38)(H,37,40). The van der Waals surface area contributed by atoms with Crippen molar-refractivity contribution in [3.05, 3.63) is 108 Å². The van der Waals surface area contributed by atoms with Gasteiger partial charge in [-0.1, -0.05) is 57.2 Å². The summed E-state index contributed by atoms with van der Waals surface area (Å²) in [6.07, 6.45) is 5.49. The first-order valence-corrected chi connectivity index (χ1v) is 14.0. The van der Waals surface area contributed by atoms with Crippen molar-refractivity contribution in [3.63, 3.8) is 0 Å². The molecule has 2 heterocycles. The van der Waals surface area contributed by atoms with Crippen LogP contribution in [0.25, 0.3) is 16.9 Å². The van der Waals surface area contributed by atoms with Crippen LogP contribution in [0.2, 0.25) is 0 Å². The molecule has 0 aliphatic rings. The highest BCUT2D eigenvalue weighted by molar-refractivity contribution is 6.04. The maximum Gasteiger partial charge on any atom is 0.313 e. The zero-order valence-corrected chi connectivity index (χ0v) is 24.5. The number of imidazole rings is 1. The van der Waals surface area contributed by atoms with Crippen LogP contribution in [-0.4, -0.2) is 32.9 Å². The second-order valence-electron chi connectivity index (χ2n) is 11.2. The van der Waals surface area contributed by atoms with Crippen molar-refractivity contribution >= 4 is 34.7 Å². The second-order valence-corrected chi connectivity index (χ2v) is 11.2. The number of ether oxygens (including phenoxy) is 1. The van der Waals surface area contributed by atoms with E-state index in [1.807, 2.05) is 96.5 Å². The number of rotatable bonds is 8. The number of amides is 1. The van der Waals surface area contributed by atoms with E-state index in [4.69, 9.17) is 9.72 Å². The summed E-state index contributed by atoms with van der Waals surface area (Å²) in [6.45, 7) is 10.4. The molecule has 0 bridgehead atoms. The van der Waals surface area contributed by atoms with Crippen molar-refractivity contribution in [1.82, 2.24) is 14.4 Å². The molecule has 3 aromatic carbocycles. The maximum absolute atomic E-state index is 13.0. The molecular weight excluding hydrogens is 526 g/mol. The zero-order valence-electron chi connectivity index (χ0n) is 24.5. The number of fused-ring (bicyclic) bond motifs is 1. The van der Waals surface area contributed by atoms with Gasteiger partial charge in [0.05, 0.1) is 18.2 Å². The molecule has 5 rings (SSSR count). The third kappa shape index (κ3) is 6.33. The first kappa shape index (κ1) is 28.5. The summed E-state index contributed by atoms with van der Waals surface area (Å²) in [5.41, 5.74) is 6.37. The van der Waals surface area contributed by atoms with Gasteiger partial charge in [-0.3, -0.25) is 9.59 Å². The lowest BCUT2D eigenvalue weighted by Crippen LogP contribution is -2.14. The van der Waals surface area contributed by atoms with Crippen LogP contribution in [0.5, 0.6) is 0 Å². The Morgan fingerprint density at radius 1 is 0.976 bits per heavy atom. The van der Waals surface area contributed by atoms with Crippen molar-refractivity contribution < 1.29 is 14.3 Å².